The molecule has 2 unspecified atom stereocenters. The molecule has 0 aromatic heterocycles. The summed E-state index contributed by atoms with van der Waals surface area (Å²) in [6, 6.07) is 17.8. The number of hydrogen-bond acceptors (Lipinski definition) is 3. The second kappa shape index (κ2) is 7.12. The number of para-hydroxylation sites is 2. The summed E-state index contributed by atoms with van der Waals surface area (Å²) in [4.78, 5) is 12.8. The number of piperidine rings is 1. The van der Waals surface area contributed by atoms with Crippen molar-refractivity contribution in [2.75, 3.05) is 18.4 Å². The van der Waals surface area contributed by atoms with Gasteiger partial charge in [-0.25, -0.2) is 0 Å². The first-order valence-electron chi connectivity index (χ1n) is 9.50. The van der Waals surface area contributed by atoms with Gasteiger partial charge in [0.05, 0.1) is 5.69 Å². The maximum Gasteiger partial charge on any atom is 0.228 e. The summed E-state index contributed by atoms with van der Waals surface area (Å²) in [6.45, 7) is 4.08. The van der Waals surface area contributed by atoms with Crippen LogP contribution >= 0.6 is 0 Å². The predicted molar refractivity (Wildman–Crippen MR) is 103 cm³/mol. The van der Waals surface area contributed by atoms with E-state index in [0.29, 0.717) is 0 Å². The monoisotopic (exact) mass is 350 g/mol. The summed E-state index contributed by atoms with van der Waals surface area (Å²) in [5.74, 6) is 0.997. The van der Waals surface area contributed by atoms with Crippen molar-refractivity contribution in [1.29, 1.82) is 0 Å². The Kier molecular flexibility index (Phi) is 4.68. The van der Waals surface area contributed by atoms with Crippen LogP contribution < -0.4 is 15.4 Å². The highest BCUT2D eigenvalue weighted by molar-refractivity contribution is 5.96. The number of carbonyl (C=O) groups excluding carboxylic acids is 1. The fourth-order valence-corrected chi connectivity index (χ4v) is 4.07. The number of anilines is 1. The van der Waals surface area contributed by atoms with Gasteiger partial charge in [0.2, 0.25) is 5.91 Å². The lowest BCUT2D eigenvalue weighted by molar-refractivity contribution is -0.118. The van der Waals surface area contributed by atoms with E-state index in [4.69, 9.17) is 4.74 Å². The summed E-state index contributed by atoms with van der Waals surface area (Å²) in [5.41, 5.74) is 2.11. The quantitative estimate of drug-likeness (QED) is 0.851. The van der Waals surface area contributed by atoms with Crippen molar-refractivity contribution >= 4 is 11.6 Å². The molecule has 4 nitrogen and oxygen atoms in total. The Morgan fingerprint density at radius 2 is 1.81 bits per heavy atom. The van der Waals surface area contributed by atoms with E-state index in [-0.39, 0.29) is 23.3 Å². The molecule has 1 spiro atoms. The average molecular weight is 350 g/mol. The predicted octanol–water partition coefficient (Wildman–Crippen LogP) is 4.15. The highest BCUT2D eigenvalue weighted by atomic mass is 16.5. The molecule has 1 aliphatic carbocycles. The van der Waals surface area contributed by atoms with E-state index in [1.54, 1.807) is 0 Å². The second-order valence-electron chi connectivity index (χ2n) is 7.53. The molecule has 136 valence electrons. The highest BCUT2D eigenvalue weighted by Gasteiger charge is 2.57. The first kappa shape index (κ1) is 17.1. The van der Waals surface area contributed by atoms with Crippen LogP contribution in [-0.2, 0) is 4.79 Å². The van der Waals surface area contributed by atoms with Crippen molar-refractivity contribution < 1.29 is 9.53 Å². The molecule has 26 heavy (non-hydrogen) atoms. The zero-order valence-electron chi connectivity index (χ0n) is 15.2. The van der Waals surface area contributed by atoms with Crippen molar-refractivity contribution in [3.05, 3.63) is 60.2 Å². The first-order chi connectivity index (χ1) is 12.7. The van der Waals surface area contributed by atoms with E-state index in [0.717, 1.165) is 49.4 Å². The summed E-state index contributed by atoms with van der Waals surface area (Å²) >= 11 is 0. The lowest BCUT2D eigenvalue weighted by Crippen LogP contribution is -2.31. The topological polar surface area (TPSA) is 50.4 Å². The Labute approximate surface area is 155 Å². The van der Waals surface area contributed by atoms with Gasteiger partial charge in [0.25, 0.3) is 0 Å². The van der Waals surface area contributed by atoms with Gasteiger partial charge >= 0.3 is 0 Å². The van der Waals surface area contributed by atoms with Crippen LogP contribution in [0.4, 0.5) is 5.69 Å². The second-order valence-corrected chi connectivity index (χ2v) is 7.53. The van der Waals surface area contributed by atoms with Crippen LogP contribution in [0.1, 0.15) is 37.9 Å². The van der Waals surface area contributed by atoms with Crippen LogP contribution in [0.3, 0.4) is 0 Å². The minimum atomic E-state index is -0.0778. The van der Waals surface area contributed by atoms with Crippen LogP contribution in [0.2, 0.25) is 0 Å². The van der Waals surface area contributed by atoms with Crippen LogP contribution in [0.15, 0.2) is 54.6 Å². The van der Waals surface area contributed by atoms with Crippen molar-refractivity contribution in [1.82, 2.24) is 5.32 Å². The normalized spacial score (nSPS) is 21.8. The minimum absolute atomic E-state index is 0.0778. The standard InChI is InChI=1S/C22H26N2O2/c1-16(17-7-3-2-4-8-17)26-20-10-6-5-9-19(20)24-21(25)18-15-22(18)11-13-23-14-12-22/h2-10,16,18,23H,11-15H2,1H3,(H,24,25). The lowest BCUT2D eigenvalue weighted by Gasteiger charge is -2.23. The summed E-state index contributed by atoms with van der Waals surface area (Å²) < 4.78 is 6.14. The Morgan fingerprint density at radius 3 is 2.58 bits per heavy atom. The molecule has 2 aromatic carbocycles. The molecule has 2 atom stereocenters. The lowest BCUT2D eigenvalue weighted by atomic mass is 9.92. The maximum absolute atomic E-state index is 12.8. The largest absolute Gasteiger partial charge is 0.484 e. The molecule has 2 fully saturated rings. The van der Waals surface area contributed by atoms with E-state index < -0.39 is 0 Å². The molecule has 4 heteroatoms. The van der Waals surface area contributed by atoms with Crippen molar-refractivity contribution in [2.24, 2.45) is 11.3 Å². The maximum atomic E-state index is 12.8. The van der Waals surface area contributed by atoms with Crippen molar-refractivity contribution in [3.63, 3.8) is 0 Å². The SMILES string of the molecule is CC(Oc1ccccc1NC(=O)C1CC12CCNCC2)c1ccccc1. The van der Waals surface area contributed by atoms with E-state index in [1.165, 1.54) is 0 Å². The van der Waals surface area contributed by atoms with E-state index in [9.17, 15) is 4.79 Å². The van der Waals surface area contributed by atoms with Crippen LogP contribution in [0.5, 0.6) is 5.75 Å². The van der Waals surface area contributed by atoms with Gasteiger partial charge in [-0.1, -0.05) is 42.5 Å². The molecule has 2 aromatic rings. The van der Waals surface area contributed by atoms with E-state index in [1.807, 2.05) is 49.4 Å². The van der Waals surface area contributed by atoms with Gasteiger partial charge in [0.1, 0.15) is 11.9 Å². The first-order valence-corrected chi connectivity index (χ1v) is 9.50. The number of amides is 1. The third-order valence-electron chi connectivity index (χ3n) is 5.82. The molecular weight excluding hydrogens is 324 g/mol. The Morgan fingerprint density at radius 1 is 1.12 bits per heavy atom. The van der Waals surface area contributed by atoms with Crippen molar-refractivity contribution in [2.45, 2.75) is 32.3 Å². The number of ether oxygens (including phenoxy) is 1. The molecule has 4 rings (SSSR count). The molecule has 2 aliphatic rings. The smallest absolute Gasteiger partial charge is 0.228 e. The van der Waals surface area contributed by atoms with Gasteiger partial charge < -0.3 is 15.4 Å². The number of rotatable bonds is 5. The third-order valence-corrected chi connectivity index (χ3v) is 5.82. The zero-order chi connectivity index (χ0) is 18.0. The number of carbonyl (C=O) groups is 1. The summed E-state index contributed by atoms with van der Waals surface area (Å²) in [7, 11) is 0. The van der Waals surface area contributed by atoms with Gasteiger partial charge in [-0.15, -0.1) is 0 Å². The third kappa shape index (κ3) is 3.47. The Bertz CT molecular complexity index is 769. The minimum Gasteiger partial charge on any atom is -0.484 e. The van der Waals surface area contributed by atoms with Gasteiger partial charge in [0, 0.05) is 5.92 Å². The number of benzene rings is 2. The fourth-order valence-electron chi connectivity index (χ4n) is 4.07. The Balaban J connectivity index is 1.44. The van der Waals surface area contributed by atoms with Gasteiger partial charge in [-0.2, -0.15) is 0 Å². The zero-order valence-corrected chi connectivity index (χ0v) is 15.2. The molecule has 1 saturated carbocycles. The van der Waals surface area contributed by atoms with Gasteiger partial charge in [-0.3, -0.25) is 4.79 Å². The van der Waals surface area contributed by atoms with Gasteiger partial charge in [0.15, 0.2) is 0 Å². The molecule has 1 saturated heterocycles. The molecular formula is C22H26N2O2. The summed E-state index contributed by atoms with van der Waals surface area (Å²) in [6.07, 6.45) is 3.15. The van der Waals surface area contributed by atoms with Gasteiger partial charge in [-0.05, 0) is 62.4 Å². The van der Waals surface area contributed by atoms with Crippen molar-refractivity contribution in [3.8, 4) is 5.75 Å². The average Bonchev–Trinajstić information content (AvgIpc) is 3.37. The van der Waals surface area contributed by atoms with E-state index >= 15 is 0 Å². The fraction of sp³-hybridized carbons (Fsp3) is 0.409. The Hall–Kier alpha value is -2.33. The molecule has 1 heterocycles. The molecule has 1 amide bonds. The summed E-state index contributed by atoms with van der Waals surface area (Å²) in [5, 5.41) is 6.50. The molecule has 0 bridgehead atoms. The van der Waals surface area contributed by atoms with Crippen LogP contribution in [0, 0.1) is 11.3 Å². The number of hydrogen-bond donors (Lipinski definition) is 2. The molecule has 2 N–H and O–H groups in total. The van der Waals surface area contributed by atoms with Crippen LogP contribution in [-0.4, -0.2) is 19.0 Å². The van der Waals surface area contributed by atoms with Crippen LogP contribution in [0.25, 0.3) is 0 Å². The molecule has 1 aliphatic heterocycles. The molecule has 0 radical (unpaired) electrons. The van der Waals surface area contributed by atoms with E-state index in [2.05, 4.69) is 22.8 Å². The highest BCUT2D eigenvalue weighted by Crippen LogP contribution is 2.58. The number of nitrogens with one attached hydrogen (secondary N) is 2.